The van der Waals surface area contributed by atoms with Crippen molar-refractivity contribution in [2.24, 2.45) is 0 Å². The smallest absolute Gasteiger partial charge is 0.253 e. The van der Waals surface area contributed by atoms with Crippen molar-refractivity contribution in [3.63, 3.8) is 0 Å². The van der Waals surface area contributed by atoms with E-state index in [-0.39, 0.29) is 5.91 Å². The number of carbonyl (C=O) groups is 1. The molecule has 2 heterocycles. The predicted octanol–water partition coefficient (Wildman–Crippen LogP) is 4.03. The highest BCUT2D eigenvalue weighted by Gasteiger charge is 2.19. The summed E-state index contributed by atoms with van der Waals surface area (Å²) in [6.07, 6.45) is 0.790. The van der Waals surface area contributed by atoms with Crippen LogP contribution in [0.2, 0.25) is 0 Å². The second-order valence-electron chi connectivity index (χ2n) is 6.62. The van der Waals surface area contributed by atoms with Crippen molar-refractivity contribution < 1.29 is 9.21 Å². The molecule has 1 amide bonds. The molecule has 138 valence electrons. The summed E-state index contributed by atoms with van der Waals surface area (Å²) in [4.78, 5) is 14.7. The summed E-state index contributed by atoms with van der Waals surface area (Å²) in [5.74, 6) is 0.882. The summed E-state index contributed by atoms with van der Waals surface area (Å²) in [6.45, 7) is 5.32. The number of hydrogen-bond acceptors (Lipinski definition) is 4. The lowest BCUT2D eigenvalue weighted by atomic mass is 10.1. The lowest BCUT2D eigenvalue weighted by Crippen LogP contribution is -2.26. The van der Waals surface area contributed by atoms with Crippen LogP contribution in [-0.4, -0.2) is 32.8 Å². The molecule has 4 rings (SSSR count). The van der Waals surface area contributed by atoms with E-state index in [1.54, 1.807) is 4.90 Å². The molecule has 6 heteroatoms. The largest absolute Gasteiger partial charge is 0.461 e. The topological polar surface area (TPSA) is 64.2 Å². The second-order valence-corrected chi connectivity index (χ2v) is 6.62. The molecule has 0 aliphatic heterocycles. The van der Waals surface area contributed by atoms with Gasteiger partial charge in [-0.3, -0.25) is 4.79 Å². The van der Waals surface area contributed by atoms with Crippen molar-refractivity contribution in [2.45, 2.75) is 33.4 Å². The molecule has 0 atom stereocenters. The number of aryl methyl sites for hydroxylation is 2. The molecule has 6 nitrogen and oxygen atoms in total. The second kappa shape index (κ2) is 6.87. The fraction of sp³-hybridized carbons (Fsp3) is 0.286. The first-order chi connectivity index (χ1) is 13.1. The van der Waals surface area contributed by atoms with Crippen LogP contribution in [0.25, 0.3) is 22.0 Å². The molecule has 2 aromatic heterocycles. The van der Waals surface area contributed by atoms with E-state index in [9.17, 15) is 4.79 Å². The van der Waals surface area contributed by atoms with E-state index >= 15 is 0 Å². The minimum absolute atomic E-state index is 0.0460. The van der Waals surface area contributed by atoms with Crippen LogP contribution in [0.15, 0.2) is 46.9 Å². The van der Waals surface area contributed by atoms with Gasteiger partial charge in [-0.25, -0.2) is 4.68 Å². The zero-order chi connectivity index (χ0) is 19.0. The third kappa shape index (κ3) is 2.97. The summed E-state index contributed by atoms with van der Waals surface area (Å²) in [7, 11) is 1.82. The number of para-hydroxylation sites is 1. The molecule has 0 saturated heterocycles. The van der Waals surface area contributed by atoms with E-state index in [2.05, 4.69) is 17.2 Å². The molecule has 0 N–H and O–H groups in total. The number of hydrogen-bond donors (Lipinski definition) is 0. The lowest BCUT2D eigenvalue weighted by Gasteiger charge is -2.17. The van der Waals surface area contributed by atoms with Crippen LogP contribution in [0.3, 0.4) is 0 Å². The van der Waals surface area contributed by atoms with Gasteiger partial charge in [0.05, 0.1) is 5.52 Å². The third-order valence-electron chi connectivity index (χ3n) is 4.91. The van der Waals surface area contributed by atoms with E-state index in [4.69, 9.17) is 4.42 Å². The molecule has 2 aromatic carbocycles. The van der Waals surface area contributed by atoms with Gasteiger partial charge >= 0.3 is 0 Å². The summed E-state index contributed by atoms with van der Waals surface area (Å²) >= 11 is 0. The number of furan rings is 1. The summed E-state index contributed by atoms with van der Waals surface area (Å²) in [6, 6.07) is 13.5. The molecule has 4 aromatic rings. The Morgan fingerprint density at radius 3 is 2.78 bits per heavy atom. The number of nitrogens with zero attached hydrogens (tertiary/aromatic N) is 4. The van der Waals surface area contributed by atoms with Gasteiger partial charge in [-0.15, -0.1) is 5.10 Å². The van der Waals surface area contributed by atoms with E-state index in [0.717, 1.165) is 46.3 Å². The van der Waals surface area contributed by atoms with Gasteiger partial charge in [-0.05, 0) is 31.2 Å². The molecule has 0 saturated carbocycles. The van der Waals surface area contributed by atoms with Crippen molar-refractivity contribution in [3.05, 3.63) is 59.4 Å². The van der Waals surface area contributed by atoms with Crippen LogP contribution >= 0.6 is 0 Å². The number of aromatic nitrogens is 3. The average molecular weight is 362 g/mol. The first kappa shape index (κ1) is 17.3. The Labute approximate surface area is 157 Å². The maximum absolute atomic E-state index is 13.0. The van der Waals surface area contributed by atoms with Gasteiger partial charge in [-0.1, -0.05) is 30.3 Å². The summed E-state index contributed by atoms with van der Waals surface area (Å²) in [5, 5.41) is 9.33. The molecule has 0 fully saturated rings. The van der Waals surface area contributed by atoms with Gasteiger partial charge in [0.15, 0.2) is 0 Å². The van der Waals surface area contributed by atoms with Crippen molar-refractivity contribution in [2.75, 3.05) is 7.05 Å². The minimum atomic E-state index is -0.0460. The van der Waals surface area contributed by atoms with E-state index in [0.29, 0.717) is 12.1 Å². The number of fused-ring (bicyclic) bond motifs is 2. The normalized spacial score (nSPS) is 11.4. The molecule has 0 radical (unpaired) electrons. The molecular weight excluding hydrogens is 340 g/mol. The van der Waals surface area contributed by atoms with E-state index in [1.807, 2.05) is 61.1 Å². The Hall–Kier alpha value is -3.15. The van der Waals surface area contributed by atoms with Gasteiger partial charge in [0.25, 0.3) is 5.91 Å². The lowest BCUT2D eigenvalue weighted by molar-refractivity contribution is 0.0785. The predicted molar refractivity (Wildman–Crippen MR) is 105 cm³/mol. The molecule has 0 bridgehead atoms. The summed E-state index contributed by atoms with van der Waals surface area (Å²) in [5.41, 5.74) is 4.22. The minimum Gasteiger partial charge on any atom is -0.461 e. The van der Waals surface area contributed by atoms with E-state index < -0.39 is 0 Å². The zero-order valence-corrected chi connectivity index (χ0v) is 15.8. The zero-order valence-electron chi connectivity index (χ0n) is 15.8. The van der Waals surface area contributed by atoms with Crippen LogP contribution in [0.5, 0.6) is 0 Å². The van der Waals surface area contributed by atoms with Crippen molar-refractivity contribution in [3.8, 4) is 0 Å². The van der Waals surface area contributed by atoms with Crippen molar-refractivity contribution in [1.82, 2.24) is 19.9 Å². The fourth-order valence-corrected chi connectivity index (χ4v) is 3.48. The van der Waals surface area contributed by atoms with Crippen LogP contribution in [0.4, 0.5) is 0 Å². The summed E-state index contributed by atoms with van der Waals surface area (Å²) < 4.78 is 7.77. The average Bonchev–Trinajstić information content (AvgIpc) is 3.27. The Kier molecular flexibility index (Phi) is 4.39. The van der Waals surface area contributed by atoms with Gasteiger partial charge in [-0.2, -0.15) is 0 Å². The van der Waals surface area contributed by atoms with Crippen LogP contribution in [0.1, 0.15) is 35.5 Å². The van der Waals surface area contributed by atoms with Crippen LogP contribution in [0, 0.1) is 0 Å². The molecule has 0 aliphatic rings. The standard InChI is InChI=1S/C21H22N4O2/c1-4-19-16(15-8-6-7-9-20(15)27-19)13-24(3)21(26)14-10-11-18-17(12-14)22-23-25(18)5-2/h6-12H,4-5,13H2,1-3H3. The quantitative estimate of drug-likeness (QED) is 0.538. The van der Waals surface area contributed by atoms with Gasteiger partial charge in [0, 0.05) is 43.1 Å². The Balaban J connectivity index is 1.63. The third-order valence-corrected chi connectivity index (χ3v) is 4.91. The van der Waals surface area contributed by atoms with E-state index in [1.165, 1.54) is 0 Å². The number of rotatable bonds is 5. The number of amides is 1. The Bertz CT molecular complexity index is 1130. The maximum Gasteiger partial charge on any atom is 0.253 e. The molecular formula is C21H22N4O2. The molecule has 0 aliphatic carbocycles. The maximum atomic E-state index is 13.0. The van der Waals surface area contributed by atoms with Crippen LogP contribution < -0.4 is 0 Å². The monoisotopic (exact) mass is 362 g/mol. The first-order valence-electron chi connectivity index (χ1n) is 9.20. The van der Waals surface area contributed by atoms with Crippen molar-refractivity contribution in [1.29, 1.82) is 0 Å². The SMILES string of the molecule is CCc1oc2ccccc2c1CN(C)C(=O)c1ccc2c(c1)nnn2CC. The first-order valence-corrected chi connectivity index (χ1v) is 9.20. The van der Waals surface area contributed by atoms with Gasteiger partial charge in [0.2, 0.25) is 0 Å². The van der Waals surface area contributed by atoms with Gasteiger partial charge in [0.1, 0.15) is 16.9 Å². The Morgan fingerprint density at radius 2 is 2.00 bits per heavy atom. The highest BCUT2D eigenvalue weighted by Crippen LogP contribution is 2.27. The van der Waals surface area contributed by atoms with Gasteiger partial charge < -0.3 is 9.32 Å². The highest BCUT2D eigenvalue weighted by molar-refractivity contribution is 5.97. The van der Waals surface area contributed by atoms with Crippen LogP contribution in [-0.2, 0) is 19.5 Å². The molecule has 0 spiro atoms. The number of benzene rings is 2. The highest BCUT2D eigenvalue weighted by atomic mass is 16.3. The Morgan fingerprint density at radius 1 is 1.19 bits per heavy atom. The molecule has 0 unspecified atom stereocenters. The van der Waals surface area contributed by atoms with Crippen molar-refractivity contribution >= 4 is 27.9 Å². The fourth-order valence-electron chi connectivity index (χ4n) is 3.48. The molecule has 27 heavy (non-hydrogen) atoms. The number of carbonyl (C=O) groups excluding carboxylic acids is 1.